The lowest BCUT2D eigenvalue weighted by molar-refractivity contribution is -0.242. The summed E-state index contributed by atoms with van der Waals surface area (Å²) in [5.41, 5.74) is 0. The van der Waals surface area contributed by atoms with Crippen molar-refractivity contribution in [1.29, 1.82) is 0 Å². The summed E-state index contributed by atoms with van der Waals surface area (Å²) in [7, 11) is -3.82. The van der Waals surface area contributed by atoms with Crippen molar-refractivity contribution >= 4 is 14.8 Å². The molecule has 0 aliphatic heterocycles. The smallest absolute Gasteiger partial charge is 0.388 e. The first-order valence-electron chi connectivity index (χ1n) is 2.85. The monoisotopic (exact) mass is 182 g/mol. The summed E-state index contributed by atoms with van der Waals surface area (Å²) in [6, 6.07) is 0. The fourth-order valence-electron chi connectivity index (χ4n) is 0.190. The average Bonchev–Trinajstić information content (AvgIpc) is 1.80. The Morgan fingerprint density at radius 1 is 1.55 bits per heavy atom. The highest BCUT2D eigenvalue weighted by atomic mass is 28.4. The van der Waals surface area contributed by atoms with Crippen LogP contribution in [0.5, 0.6) is 0 Å². The lowest BCUT2D eigenvalue weighted by Crippen LogP contribution is -2.37. The van der Waals surface area contributed by atoms with Crippen molar-refractivity contribution < 1.29 is 29.0 Å². The molecule has 0 rings (SSSR count). The third-order valence-electron chi connectivity index (χ3n) is 0.623. The Balaban J connectivity index is 3.64. The van der Waals surface area contributed by atoms with Crippen LogP contribution in [0.1, 0.15) is 6.92 Å². The molecular formula is C4H10O6Si. The zero-order valence-electron chi connectivity index (χ0n) is 6.14. The topological polar surface area (TPSA) is 96.2 Å². The van der Waals surface area contributed by atoms with Crippen LogP contribution in [0.25, 0.3) is 0 Å². The zero-order valence-corrected chi connectivity index (χ0v) is 7.14. The van der Waals surface area contributed by atoms with E-state index < -0.39 is 20.9 Å². The van der Waals surface area contributed by atoms with Crippen LogP contribution in [-0.2, 0) is 14.3 Å². The number of hydrogen-bond donors (Lipinski definition) is 3. The fourth-order valence-corrected chi connectivity index (χ4v) is 0.430. The van der Waals surface area contributed by atoms with Crippen LogP contribution in [0.15, 0.2) is 0 Å². The van der Waals surface area contributed by atoms with Gasteiger partial charge >= 0.3 is 14.8 Å². The molecule has 7 heteroatoms. The van der Waals surface area contributed by atoms with Crippen molar-refractivity contribution in [3.63, 3.8) is 0 Å². The molecule has 0 aromatic rings. The Hall–Kier alpha value is -0.473. The summed E-state index contributed by atoms with van der Waals surface area (Å²) in [5, 5.41) is 8.52. The fraction of sp³-hybridized carbons (Fsp3) is 0.750. The van der Waals surface area contributed by atoms with E-state index in [9.17, 15) is 4.79 Å². The van der Waals surface area contributed by atoms with Crippen LogP contribution in [0.3, 0.4) is 0 Å². The molecule has 1 unspecified atom stereocenters. The number of aliphatic hydroxyl groups excluding tert-OH is 1. The summed E-state index contributed by atoms with van der Waals surface area (Å²) in [4.78, 5) is 31.4. The number of carbonyl (C=O) groups is 1. The summed E-state index contributed by atoms with van der Waals surface area (Å²) < 4.78 is 3.89. The molecule has 0 amide bonds. The maximum Gasteiger partial charge on any atom is 0.535 e. The second-order valence-electron chi connectivity index (χ2n) is 2.10. The van der Waals surface area contributed by atoms with E-state index in [1.807, 2.05) is 0 Å². The molecule has 0 aliphatic carbocycles. The third kappa shape index (κ3) is 5.95. The molecule has 0 saturated carbocycles. The molecule has 0 bridgehead atoms. The number of rotatable bonds is 3. The van der Waals surface area contributed by atoms with Crippen molar-refractivity contribution in [3.05, 3.63) is 0 Å². The second-order valence-corrected chi connectivity index (χ2v) is 4.13. The van der Waals surface area contributed by atoms with Gasteiger partial charge in [-0.1, -0.05) is 0 Å². The molecule has 0 aliphatic rings. The van der Waals surface area contributed by atoms with Crippen LogP contribution in [0.4, 0.5) is 0 Å². The van der Waals surface area contributed by atoms with E-state index in [0.717, 1.165) is 6.55 Å². The Bertz CT molecular complexity index is 138. The van der Waals surface area contributed by atoms with E-state index in [1.165, 1.54) is 6.92 Å². The molecular weight excluding hydrogens is 172 g/mol. The predicted octanol–water partition coefficient (Wildman–Crippen LogP) is -1.60. The lowest BCUT2D eigenvalue weighted by atomic mass is 10.4. The molecule has 6 nitrogen and oxygen atoms in total. The van der Waals surface area contributed by atoms with E-state index in [0.29, 0.717) is 0 Å². The standard InChI is InChI=1S/C4H10O6Si/c1-3(5)4(6)9-10-11(2,7)8/h3,5,7-8H,1-2H3. The van der Waals surface area contributed by atoms with Gasteiger partial charge in [0.2, 0.25) is 0 Å². The van der Waals surface area contributed by atoms with Gasteiger partial charge in [-0.25, -0.2) is 4.79 Å². The van der Waals surface area contributed by atoms with Crippen molar-refractivity contribution in [2.75, 3.05) is 0 Å². The zero-order chi connectivity index (χ0) is 9.07. The van der Waals surface area contributed by atoms with Gasteiger partial charge in [-0.15, -0.1) is 0 Å². The summed E-state index contributed by atoms with van der Waals surface area (Å²) >= 11 is 0. The van der Waals surface area contributed by atoms with Gasteiger partial charge in [0.1, 0.15) is 0 Å². The van der Waals surface area contributed by atoms with Crippen LogP contribution >= 0.6 is 0 Å². The van der Waals surface area contributed by atoms with Crippen molar-refractivity contribution in [2.24, 2.45) is 0 Å². The Morgan fingerprint density at radius 3 is 2.27 bits per heavy atom. The van der Waals surface area contributed by atoms with E-state index in [2.05, 4.69) is 9.46 Å². The SMILES string of the molecule is CC(O)C(=O)OO[Si](C)(O)O. The molecule has 0 radical (unpaired) electrons. The molecule has 0 fully saturated rings. The van der Waals surface area contributed by atoms with Gasteiger partial charge in [0.25, 0.3) is 0 Å². The second kappa shape index (κ2) is 3.79. The normalized spacial score (nSPS) is 14.3. The Labute approximate surface area is 64.3 Å². The van der Waals surface area contributed by atoms with Gasteiger partial charge in [-0.3, -0.25) is 0 Å². The highest BCUT2D eigenvalue weighted by molar-refractivity contribution is 6.55. The van der Waals surface area contributed by atoms with Gasteiger partial charge in [0.15, 0.2) is 6.10 Å². The molecule has 3 N–H and O–H groups in total. The van der Waals surface area contributed by atoms with Crippen LogP contribution < -0.4 is 0 Å². The average molecular weight is 182 g/mol. The van der Waals surface area contributed by atoms with Gasteiger partial charge < -0.3 is 19.6 Å². The van der Waals surface area contributed by atoms with Gasteiger partial charge in [0, 0.05) is 6.55 Å². The van der Waals surface area contributed by atoms with E-state index in [1.54, 1.807) is 0 Å². The first-order chi connectivity index (χ1) is 4.83. The molecule has 0 spiro atoms. The maximum atomic E-state index is 10.4. The molecule has 0 aromatic carbocycles. The minimum atomic E-state index is -3.82. The summed E-state index contributed by atoms with van der Waals surface area (Å²) in [5.74, 6) is -1.06. The maximum absolute atomic E-state index is 10.4. The van der Waals surface area contributed by atoms with E-state index in [-0.39, 0.29) is 0 Å². The molecule has 0 saturated heterocycles. The molecule has 0 heterocycles. The van der Waals surface area contributed by atoms with Gasteiger partial charge in [0.05, 0.1) is 0 Å². The highest BCUT2D eigenvalue weighted by Gasteiger charge is 2.28. The molecule has 1 atom stereocenters. The number of aliphatic hydroxyl groups is 1. The molecule has 11 heavy (non-hydrogen) atoms. The van der Waals surface area contributed by atoms with Gasteiger partial charge in [-0.05, 0) is 6.92 Å². The van der Waals surface area contributed by atoms with Crippen molar-refractivity contribution in [3.8, 4) is 0 Å². The highest BCUT2D eigenvalue weighted by Crippen LogP contribution is 1.96. The molecule has 0 aromatic heterocycles. The largest absolute Gasteiger partial charge is 0.535 e. The summed E-state index contributed by atoms with van der Waals surface area (Å²) in [6.07, 6.45) is -1.34. The van der Waals surface area contributed by atoms with Crippen LogP contribution in [0.2, 0.25) is 6.55 Å². The Morgan fingerprint density at radius 2 is 2.00 bits per heavy atom. The number of hydrogen-bond acceptors (Lipinski definition) is 6. The van der Waals surface area contributed by atoms with E-state index in [4.69, 9.17) is 14.7 Å². The van der Waals surface area contributed by atoms with Crippen molar-refractivity contribution in [2.45, 2.75) is 19.6 Å². The minimum absolute atomic E-state index is 0.988. The van der Waals surface area contributed by atoms with Gasteiger partial charge in [-0.2, -0.15) is 4.58 Å². The van der Waals surface area contributed by atoms with E-state index >= 15 is 0 Å². The number of carbonyl (C=O) groups excluding carboxylic acids is 1. The van der Waals surface area contributed by atoms with Crippen molar-refractivity contribution in [1.82, 2.24) is 0 Å². The van der Waals surface area contributed by atoms with Crippen LogP contribution in [0, 0.1) is 0 Å². The first kappa shape index (κ1) is 10.5. The predicted molar refractivity (Wildman–Crippen MR) is 34.9 cm³/mol. The third-order valence-corrected chi connectivity index (χ3v) is 1.02. The summed E-state index contributed by atoms with van der Waals surface area (Å²) in [6.45, 7) is 2.15. The minimum Gasteiger partial charge on any atom is -0.388 e. The van der Waals surface area contributed by atoms with Crippen LogP contribution in [-0.4, -0.2) is 35.6 Å². The Kier molecular flexibility index (Phi) is 3.62. The molecule has 66 valence electrons. The first-order valence-corrected chi connectivity index (χ1v) is 5.15. The lowest BCUT2D eigenvalue weighted by Gasteiger charge is -2.10. The quantitative estimate of drug-likeness (QED) is 0.276.